The lowest BCUT2D eigenvalue weighted by atomic mass is 9.81. The van der Waals surface area contributed by atoms with Gasteiger partial charge in [0.05, 0.1) is 0 Å². The Morgan fingerprint density at radius 1 is 0.561 bits per heavy atom. The van der Waals surface area contributed by atoms with E-state index in [1.54, 1.807) is 34.1 Å². The highest BCUT2D eigenvalue weighted by atomic mass is 19.1. The third kappa shape index (κ3) is 10.7. The lowest BCUT2D eigenvalue weighted by Crippen LogP contribution is -2.61. The normalized spacial score (nSPS) is 19.1. The topological polar surface area (TPSA) is 135 Å². The molecule has 4 fully saturated rings. The molecule has 7 rings (SSSR count). The highest BCUT2D eigenvalue weighted by Gasteiger charge is 2.44. The summed E-state index contributed by atoms with van der Waals surface area (Å²) in [7, 11) is 0. The van der Waals surface area contributed by atoms with Crippen molar-refractivity contribution in [1.82, 2.24) is 20.4 Å². The van der Waals surface area contributed by atoms with E-state index in [-0.39, 0.29) is 36.3 Å². The van der Waals surface area contributed by atoms with Gasteiger partial charge in [-0.15, -0.1) is 0 Å². The van der Waals surface area contributed by atoms with Gasteiger partial charge in [0.2, 0.25) is 0 Å². The van der Waals surface area contributed by atoms with Crippen LogP contribution in [0.4, 0.5) is 29.7 Å². The Bertz CT molecular complexity index is 1790. The van der Waals surface area contributed by atoms with Crippen LogP contribution in [0.2, 0.25) is 0 Å². The summed E-state index contributed by atoms with van der Waals surface area (Å²) in [5.74, 6) is -1.82. The van der Waals surface area contributed by atoms with Gasteiger partial charge < -0.3 is 40.1 Å². The Kier molecular flexibility index (Phi) is 13.9. The molecule has 2 aliphatic heterocycles. The van der Waals surface area contributed by atoms with Crippen molar-refractivity contribution < 1.29 is 37.8 Å². The maximum Gasteiger partial charge on any atom is 0.332 e. The monoisotopic (exact) mass is 788 g/mol. The first-order valence-corrected chi connectivity index (χ1v) is 20.2. The first kappa shape index (κ1) is 41.2. The van der Waals surface area contributed by atoms with E-state index in [1.165, 1.54) is 24.3 Å². The zero-order valence-electron chi connectivity index (χ0n) is 32.5. The zero-order valence-corrected chi connectivity index (χ0v) is 32.5. The number of carboxylic acids is 1. The predicted molar refractivity (Wildman–Crippen MR) is 213 cm³/mol. The van der Waals surface area contributed by atoms with Gasteiger partial charge in [0.1, 0.15) is 29.3 Å². The standard InChI is InChI=1S/C25H30FN3O3.C18H24FN3O3/c26-21-9-11-22(12-10-21)28-15-17-29(18-16-28)24(31)27-25(13-5-2-6-14-25)23(30)32-19-20-7-3-1-4-8-20;19-14-4-6-15(7-5-14)21-10-12-22(13-11-21)17(25)20-18(16(23)24)8-2-1-3-9-18/h1,3-4,7-12H,2,5-6,13-19H2,(H,27,31);4-7H,1-3,8-13H2,(H,20,25)(H,23,24). The van der Waals surface area contributed by atoms with Crippen LogP contribution in [0, 0.1) is 11.6 Å². The summed E-state index contributed by atoms with van der Waals surface area (Å²) in [6.45, 7) is 4.90. The van der Waals surface area contributed by atoms with Crippen LogP contribution in [-0.2, 0) is 20.9 Å². The summed E-state index contributed by atoms with van der Waals surface area (Å²) >= 11 is 0. The van der Waals surface area contributed by atoms with Crippen LogP contribution in [0.25, 0.3) is 0 Å². The van der Waals surface area contributed by atoms with Crippen molar-refractivity contribution in [1.29, 1.82) is 0 Å². The summed E-state index contributed by atoms with van der Waals surface area (Å²) in [6, 6.07) is 21.8. The van der Waals surface area contributed by atoms with Crippen molar-refractivity contribution in [2.75, 3.05) is 62.2 Å². The lowest BCUT2D eigenvalue weighted by molar-refractivity contribution is -0.154. The maximum atomic E-state index is 13.2. The molecule has 0 spiro atoms. The van der Waals surface area contributed by atoms with Gasteiger partial charge in [-0.3, -0.25) is 0 Å². The van der Waals surface area contributed by atoms with Gasteiger partial charge in [-0.25, -0.2) is 28.0 Å². The van der Waals surface area contributed by atoms with Gasteiger partial charge in [0.25, 0.3) is 0 Å². The van der Waals surface area contributed by atoms with Crippen LogP contribution < -0.4 is 20.4 Å². The molecule has 0 bridgehead atoms. The Morgan fingerprint density at radius 2 is 0.965 bits per heavy atom. The van der Waals surface area contributed by atoms with Gasteiger partial charge in [0.15, 0.2) is 0 Å². The smallest absolute Gasteiger partial charge is 0.332 e. The molecule has 57 heavy (non-hydrogen) atoms. The molecule has 2 heterocycles. The average Bonchev–Trinajstić information content (AvgIpc) is 3.24. The molecule has 0 atom stereocenters. The van der Waals surface area contributed by atoms with Gasteiger partial charge in [0, 0.05) is 63.7 Å². The second-order valence-corrected chi connectivity index (χ2v) is 15.4. The van der Waals surface area contributed by atoms with Crippen LogP contribution in [-0.4, -0.2) is 102 Å². The van der Waals surface area contributed by atoms with E-state index < -0.39 is 17.0 Å². The lowest BCUT2D eigenvalue weighted by Gasteiger charge is -2.40. The summed E-state index contributed by atoms with van der Waals surface area (Å²) in [4.78, 5) is 58.0. The van der Waals surface area contributed by atoms with E-state index in [0.717, 1.165) is 55.5 Å². The number of benzene rings is 3. The first-order valence-electron chi connectivity index (χ1n) is 20.2. The number of nitrogens with zero attached hydrogens (tertiary/aromatic N) is 4. The minimum atomic E-state index is -1.12. The molecule has 3 aromatic carbocycles. The second-order valence-electron chi connectivity index (χ2n) is 15.4. The highest BCUT2D eigenvalue weighted by Crippen LogP contribution is 2.31. The molecular weight excluding hydrogens is 735 g/mol. The summed E-state index contributed by atoms with van der Waals surface area (Å²) in [5, 5.41) is 15.4. The van der Waals surface area contributed by atoms with Gasteiger partial charge in [-0.2, -0.15) is 0 Å². The Balaban J connectivity index is 0.000000199. The molecule has 3 aromatic rings. The van der Waals surface area contributed by atoms with Crippen LogP contribution in [0.3, 0.4) is 0 Å². The molecular formula is C43H54F2N6O6. The van der Waals surface area contributed by atoms with Crippen molar-refractivity contribution in [3.63, 3.8) is 0 Å². The van der Waals surface area contributed by atoms with Crippen molar-refractivity contribution in [2.45, 2.75) is 81.9 Å². The number of nitrogens with one attached hydrogen (secondary N) is 2. The van der Waals surface area contributed by atoms with Crippen LogP contribution in [0.15, 0.2) is 78.9 Å². The van der Waals surface area contributed by atoms with Gasteiger partial charge in [-0.05, 0) is 79.8 Å². The third-order valence-electron chi connectivity index (χ3n) is 11.6. The van der Waals surface area contributed by atoms with E-state index in [2.05, 4.69) is 20.4 Å². The number of carboxylic acid groups (broad SMARTS) is 1. The predicted octanol–water partition coefficient (Wildman–Crippen LogP) is 6.55. The number of carbonyl (C=O) groups is 4. The molecule has 2 saturated carbocycles. The Hall–Kier alpha value is -5.40. The zero-order chi connectivity index (χ0) is 40.3. The van der Waals surface area contributed by atoms with Crippen molar-refractivity contribution in [2.24, 2.45) is 0 Å². The number of hydrogen-bond donors (Lipinski definition) is 3. The summed E-state index contributed by atoms with van der Waals surface area (Å²) < 4.78 is 31.8. The molecule has 0 radical (unpaired) electrons. The number of urea groups is 2. The number of amides is 4. The van der Waals surface area contributed by atoms with Crippen LogP contribution >= 0.6 is 0 Å². The molecule has 12 nitrogen and oxygen atoms in total. The number of anilines is 2. The maximum absolute atomic E-state index is 13.2. The Morgan fingerprint density at radius 3 is 1.39 bits per heavy atom. The highest BCUT2D eigenvalue weighted by molar-refractivity contribution is 5.88. The van der Waals surface area contributed by atoms with Crippen LogP contribution in [0.5, 0.6) is 0 Å². The van der Waals surface area contributed by atoms with E-state index >= 15 is 0 Å². The van der Waals surface area contributed by atoms with E-state index in [4.69, 9.17) is 4.74 Å². The van der Waals surface area contributed by atoms with Crippen LogP contribution in [0.1, 0.15) is 69.8 Å². The number of carbonyl (C=O) groups excluding carboxylic acids is 3. The van der Waals surface area contributed by atoms with Crippen molar-refractivity contribution >= 4 is 35.4 Å². The molecule has 4 amide bonds. The number of halogens is 2. The SMILES string of the molecule is O=C(NC1(C(=O)O)CCCCC1)N1CCN(c2ccc(F)cc2)CC1.O=C(NC1(C(=O)OCc2ccccc2)CCCCC1)N1CCN(c2ccc(F)cc2)CC1. The Labute approximate surface area is 333 Å². The number of aliphatic carboxylic acids is 1. The van der Waals surface area contributed by atoms with Crippen molar-refractivity contribution in [3.8, 4) is 0 Å². The van der Waals surface area contributed by atoms with Crippen molar-refractivity contribution in [3.05, 3.63) is 96.1 Å². The van der Waals surface area contributed by atoms with Gasteiger partial charge >= 0.3 is 24.0 Å². The average molecular weight is 789 g/mol. The minimum absolute atomic E-state index is 0.202. The van der Waals surface area contributed by atoms with E-state index in [1.807, 2.05) is 30.3 Å². The molecule has 3 N–H and O–H groups in total. The molecule has 4 aliphatic rings. The first-order chi connectivity index (χ1) is 27.6. The number of piperazine rings is 2. The van der Waals surface area contributed by atoms with E-state index in [9.17, 15) is 33.1 Å². The quantitative estimate of drug-likeness (QED) is 0.219. The fraction of sp³-hybridized carbons (Fsp3) is 0.488. The minimum Gasteiger partial charge on any atom is -0.480 e. The summed E-state index contributed by atoms with van der Waals surface area (Å²) in [6.07, 6.45) is 7.67. The number of hydrogen-bond acceptors (Lipinski definition) is 7. The molecule has 2 aliphatic carbocycles. The third-order valence-corrected chi connectivity index (χ3v) is 11.6. The molecule has 0 unspecified atom stereocenters. The van der Waals surface area contributed by atoms with Gasteiger partial charge in [-0.1, -0.05) is 68.9 Å². The largest absolute Gasteiger partial charge is 0.480 e. The fourth-order valence-electron chi connectivity index (χ4n) is 8.15. The molecule has 14 heteroatoms. The second kappa shape index (κ2) is 19.2. The molecule has 306 valence electrons. The number of rotatable bonds is 8. The molecule has 0 aromatic heterocycles. The summed E-state index contributed by atoms with van der Waals surface area (Å²) in [5.41, 5.74) is 0.715. The number of esters is 1. The fourth-order valence-corrected chi connectivity index (χ4v) is 8.15. The van der Waals surface area contributed by atoms with E-state index in [0.29, 0.717) is 78.0 Å². The number of ether oxygens (including phenoxy) is 1. The molecule has 2 saturated heterocycles.